The predicted octanol–water partition coefficient (Wildman–Crippen LogP) is 1.58. The number of benzene rings is 1. The van der Waals surface area contributed by atoms with E-state index in [1.54, 1.807) is 0 Å². The van der Waals surface area contributed by atoms with Gasteiger partial charge in [0.2, 0.25) is 0 Å². The molecule has 1 atom stereocenters. The van der Waals surface area contributed by atoms with Gasteiger partial charge in [0.15, 0.2) is 0 Å². The third kappa shape index (κ3) is 2.47. The minimum Gasteiger partial charge on any atom is -0.344 e. The number of fused-ring (bicyclic) bond motifs is 1. The molecule has 1 amide bonds. The minimum absolute atomic E-state index is 0.00598. The van der Waals surface area contributed by atoms with Gasteiger partial charge in [-0.05, 0) is 30.4 Å². The van der Waals surface area contributed by atoms with Crippen LogP contribution in [0.5, 0.6) is 0 Å². The highest BCUT2D eigenvalue weighted by Crippen LogP contribution is 2.29. The van der Waals surface area contributed by atoms with Gasteiger partial charge in [0.1, 0.15) is 5.69 Å². The zero-order chi connectivity index (χ0) is 13.9. The SMILES string of the molecule is O=C(N[C@H]1CCCc2ccccc21)c1cc(=O)[nH]cn1. The molecular weight excluding hydrogens is 254 g/mol. The van der Waals surface area contributed by atoms with Crippen LogP contribution in [-0.2, 0) is 6.42 Å². The fraction of sp³-hybridized carbons (Fsp3) is 0.267. The number of H-pyrrole nitrogens is 1. The number of aromatic amines is 1. The van der Waals surface area contributed by atoms with E-state index in [1.165, 1.54) is 18.0 Å². The first-order valence-corrected chi connectivity index (χ1v) is 6.67. The van der Waals surface area contributed by atoms with Gasteiger partial charge in [0.05, 0.1) is 12.4 Å². The summed E-state index contributed by atoms with van der Waals surface area (Å²) in [5.74, 6) is -0.308. The summed E-state index contributed by atoms with van der Waals surface area (Å²) >= 11 is 0. The maximum Gasteiger partial charge on any atom is 0.270 e. The molecule has 5 nitrogen and oxygen atoms in total. The Hall–Kier alpha value is -2.43. The topological polar surface area (TPSA) is 74.8 Å². The summed E-state index contributed by atoms with van der Waals surface area (Å²) in [6.07, 6.45) is 4.24. The van der Waals surface area contributed by atoms with E-state index >= 15 is 0 Å². The highest BCUT2D eigenvalue weighted by Gasteiger charge is 2.22. The van der Waals surface area contributed by atoms with Crippen molar-refractivity contribution in [2.24, 2.45) is 0 Å². The van der Waals surface area contributed by atoms with E-state index in [-0.39, 0.29) is 23.2 Å². The molecule has 5 heteroatoms. The summed E-state index contributed by atoms with van der Waals surface area (Å²) in [5.41, 5.74) is 2.27. The van der Waals surface area contributed by atoms with Gasteiger partial charge in [-0.25, -0.2) is 4.98 Å². The molecule has 0 radical (unpaired) electrons. The Bertz CT molecular complexity index is 693. The van der Waals surface area contributed by atoms with Crippen molar-refractivity contribution in [3.8, 4) is 0 Å². The largest absolute Gasteiger partial charge is 0.344 e. The first kappa shape index (κ1) is 12.6. The average molecular weight is 269 g/mol. The molecule has 0 spiro atoms. The van der Waals surface area contributed by atoms with Crippen LogP contribution >= 0.6 is 0 Å². The highest BCUT2D eigenvalue weighted by atomic mass is 16.2. The zero-order valence-electron chi connectivity index (χ0n) is 10.9. The lowest BCUT2D eigenvalue weighted by molar-refractivity contribution is 0.0927. The molecule has 102 valence electrons. The van der Waals surface area contributed by atoms with Crippen LogP contribution in [-0.4, -0.2) is 15.9 Å². The molecule has 0 saturated carbocycles. The number of hydrogen-bond donors (Lipinski definition) is 2. The molecule has 0 aliphatic heterocycles. The van der Waals surface area contributed by atoms with Crippen LogP contribution in [0.3, 0.4) is 0 Å². The molecule has 0 bridgehead atoms. The molecule has 1 aromatic carbocycles. The van der Waals surface area contributed by atoms with Crippen molar-refractivity contribution in [2.75, 3.05) is 0 Å². The van der Waals surface area contributed by atoms with Crippen LogP contribution in [0, 0.1) is 0 Å². The van der Waals surface area contributed by atoms with Crippen LogP contribution in [0.2, 0.25) is 0 Å². The molecular formula is C15H15N3O2. The number of aromatic nitrogens is 2. The summed E-state index contributed by atoms with van der Waals surface area (Å²) < 4.78 is 0. The third-order valence-corrected chi connectivity index (χ3v) is 3.59. The van der Waals surface area contributed by atoms with Gasteiger partial charge >= 0.3 is 0 Å². The third-order valence-electron chi connectivity index (χ3n) is 3.59. The Kier molecular flexibility index (Phi) is 3.33. The van der Waals surface area contributed by atoms with Crippen molar-refractivity contribution in [1.82, 2.24) is 15.3 Å². The second-order valence-electron chi connectivity index (χ2n) is 4.91. The Balaban J connectivity index is 1.82. The maximum atomic E-state index is 12.1. The van der Waals surface area contributed by atoms with Crippen molar-refractivity contribution in [2.45, 2.75) is 25.3 Å². The number of aryl methyl sites for hydroxylation is 1. The summed E-state index contributed by atoms with van der Waals surface area (Å²) in [6, 6.07) is 9.35. The summed E-state index contributed by atoms with van der Waals surface area (Å²) in [4.78, 5) is 29.7. The predicted molar refractivity (Wildman–Crippen MR) is 74.4 cm³/mol. The Morgan fingerprint density at radius 2 is 2.20 bits per heavy atom. The van der Waals surface area contributed by atoms with E-state index in [4.69, 9.17) is 0 Å². The normalized spacial score (nSPS) is 17.3. The van der Waals surface area contributed by atoms with E-state index in [1.807, 2.05) is 18.2 Å². The van der Waals surface area contributed by atoms with Crippen molar-refractivity contribution in [3.63, 3.8) is 0 Å². The molecule has 1 aliphatic rings. The van der Waals surface area contributed by atoms with Gasteiger partial charge in [-0.3, -0.25) is 9.59 Å². The van der Waals surface area contributed by atoms with Crippen molar-refractivity contribution >= 4 is 5.91 Å². The summed E-state index contributed by atoms with van der Waals surface area (Å²) in [7, 11) is 0. The van der Waals surface area contributed by atoms with E-state index in [9.17, 15) is 9.59 Å². The molecule has 1 aromatic heterocycles. The van der Waals surface area contributed by atoms with Crippen molar-refractivity contribution < 1.29 is 4.79 Å². The fourth-order valence-electron chi connectivity index (χ4n) is 2.63. The van der Waals surface area contributed by atoms with Crippen molar-refractivity contribution in [1.29, 1.82) is 0 Å². The fourth-order valence-corrected chi connectivity index (χ4v) is 2.63. The average Bonchev–Trinajstić information content (AvgIpc) is 2.47. The first-order chi connectivity index (χ1) is 9.74. The number of nitrogens with one attached hydrogen (secondary N) is 2. The van der Waals surface area contributed by atoms with Gasteiger partial charge in [-0.2, -0.15) is 0 Å². The second kappa shape index (κ2) is 5.28. The molecule has 20 heavy (non-hydrogen) atoms. The Morgan fingerprint density at radius 3 is 3.05 bits per heavy atom. The first-order valence-electron chi connectivity index (χ1n) is 6.67. The summed E-state index contributed by atoms with van der Waals surface area (Å²) in [5, 5.41) is 2.96. The Morgan fingerprint density at radius 1 is 1.35 bits per heavy atom. The zero-order valence-corrected chi connectivity index (χ0v) is 10.9. The molecule has 0 saturated heterocycles. The van der Waals surface area contributed by atoms with Crippen molar-refractivity contribution in [3.05, 3.63) is 63.8 Å². The van der Waals surface area contributed by atoms with Crippen LogP contribution in [0.15, 0.2) is 41.5 Å². The molecule has 0 fully saturated rings. The van der Waals surface area contributed by atoms with Crippen LogP contribution in [0.25, 0.3) is 0 Å². The maximum absolute atomic E-state index is 12.1. The number of carbonyl (C=O) groups is 1. The summed E-state index contributed by atoms with van der Waals surface area (Å²) in [6.45, 7) is 0. The molecule has 0 unspecified atom stereocenters. The van der Waals surface area contributed by atoms with E-state index in [0.29, 0.717) is 0 Å². The highest BCUT2D eigenvalue weighted by molar-refractivity contribution is 5.92. The molecule has 1 heterocycles. The van der Waals surface area contributed by atoms with Crippen LogP contribution < -0.4 is 10.9 Å². The lowest BCUT2D eigenvalue weighted by atomic mass is 9.87. The Labute approximate surface area is 116 Å². The molecule has 2 aromatic rings. The molecule has 2 N–H and O–H groups in total. The lowest BCUT2D eigenvalue weighted by Crippen LogP contribution is -2.32. The van der Waals surface area contributed by atoms with E-state index < -0.39 is 0 Å². The van der Waals surface area contributed by atoms with Gasteiger partial charge in [-0.15, -0.1) is 0 Å². The number of carbonyl (C=O) groups excluding carboxylic acids is 1. The van der Waals surface area contributed by atoms with Crippen LogP contribution in [0.1, 0.15) is 40.5 Å². The number of hydrogen-bond acceptors (Lipinski definition) is 3. The van der Waals surface area contributed by atoms with E-state index in [0.717, 1.165) is 24.8 Å². The minimum atomic E-state index is -0.325. The van der Waals surface area contributed by atoms with Gasteiger partial charge in [0.25, 0.3) is 11.5 Å². The number of rotatable bonds is 2. The monoisotopic (exact) mass is 269 g/mol. The molecule has 1 aliphatic carbocycles. The lowest BCUT2D eigenvalue weighted by Gasteiger charge is -2.26. The smallest absolute Gasteiger partial charge is 0.270 e. The number of nitrogens with zero attached hydrogens (tertiary/aromatic N) is 1. The molecule has 3 rings (SSSR count). The quantitative estimate of drug-likeness (QED) is 0.869. The standard InChI is InChI=1S/C15H15N3O2/c19-14-8-13(16-9-17-14)15(20)18-12-7-3-5-10-4-1-2-6-11(10)12/h1-2,4,6,8-9,12H,3,5,7H2,(H,18,20)(H,16,17,19)/t12-/m0/s1. The van der Waals surface area contributed by atoms with Gasteiger partial charge < -0.3 is 10.3 Å². The second-order valence-corrected chi connectivity index (χ2v) is 4.91. The van der Waals surface area contributed by atoms with E-state index in [2.05, 4.69) is 21.4 Å². The van der Waals surface area contributed by atoms with Gasteiger partial charge in [0, 0.05) is 6.07 Å². The van der Waals surface area contributed by atoms with Crippen LogP contribution in [0.4, 0.5) is 0 Å². The van der Waals surface area contributed by atoms with Gasteiger partial charge in [-0.1, -0.05) is 24.3 Å². The number of amides is 1.